The van der Waals surface area contributed by atoms with Crippen molar-refractivity contribution in [3.05, 3.63) is 59.7 Å². The van der Waals surface area contributed by atoms with Gasteiger partial charge < -0.3 is 19.8 Å². The largest absolute Gasteiger partial charge is 0.508 e. The van der Waals surface area contributed by atoms with E-state index in [1.807, 2.05) is 43.0 Å². The highest BCUT2D eigenvalue weighted by Gasteiger charge is 2.25. The highest BCUT2D eigenvalue weighted by molar-refractivity contribution is 5.94. The number of nitrogens with zero attached hydrogens (tertiary/aromatic N) is 3. The molecular weight excluding hydrogens is 386 g/mol. The van der Waals surface area contributed by atoms with Gasteiger partial charge in [-0.15, -0.1) is 0 Å². The first-order chi connectivity index (χ1) is 15.0. The van der Waals surface area contributed by atoms with Crippen molar-refractivity contribution in [2.45, 2.75) is 52.6 Å². The Bertz CT molecular complexity index is 825. The smallest absolute Gasteiger partial charge is 0.253 e. The maximum Gasteiger partial charge on any atom is 0.253 e. The van der Waals surface area contributed by atoms with Crippen LogP contribution < -0.4 is 4.90 Å². The van der Waals surface area contributed by atoms with Crippen molar-refractivity contribution in [1.29, 1.82) is 0 Å². The number of rotatable bonds is 9. The van der Waals surface area contributed by atoms with Gasteiger partial charge in [0.2, 0.25) is 0 Å². The van der Waals surface area contributed by atoms with Gasteiger partial charge in [-0.05, 0) is 81.6 Å². The molecule has 5 nitrogen and oxygen atoms in total. The number of benzene rings is 2. The Kier molecular flexibility index (Phi) is 8.35. The molecule has 31 heavy (non-hydrogen) atoms. The molecule has 168 valence electrons. The first-order valence-electron chi connectivity index (χ1n) is 11.7. The van der Waals surface area contributed by atoms with Gasteiger partial charge in [0.1, 0.15) is 5.75 Å². The van der Waals surface area contributed by atoms with Crippen LogP contribution in [0.4, 0.5) is 5.69 Å². The van der Waals surface area contributed by atoms with E-state index < -0.39 is 0 Å². The second-order valence-corrected chi connectivity index (χ2v) is 8.39. The van der Waals surface area contributed by atoms with Crippen molar-refractivity contribution in [2.75, 3.05) is 37.6 Å². The molecule has 3 rings (SSSR count). The number of carbonyl (C=O) groups excluding carboxylic acids is 1. The van der Waals surface area contributed by atoms with Crippen LogP contribution in [0.15, 0.2) is 48.5 Å². The molecule has 2 aromatic rings. The number of amides is 1. The molecule has 1 aliphatic rings. The summed E-state index contributed by atoms with van der Waals surface area (Å²) in [5, 5.41) is 9.93. The van der Waals surface area contributed by atoms with Gasteiger partial charge in [0, 0.05) is 50.0 Å². The highest BCUT2D eigenvalue weighted by atomic mass is 16.3. The predicted octanol–water partition coefficient (Wildman–Crippen LogP) is 4.76. The van der Waals surface area contributed by atoms with Crippen LogP contribution in [0.25, 0.3) is 0 Å². The first kappa shape index (κ1) is 23.1. The summed E-state index contributed by atoms with van der Waals surface area (Å²) in [6, 6.07) is 16.0. The molecule has 1 heterocycles. The van der Waals surface area contributed by atoms with Crippen LogP contribution in [0.5, 0.6) is 5.75 Å². The number of hydrogen-bond donors (Lipinski definition) is 1. The molecule has 2 aromatic carbocycles. The van der Waals surface area contributed by atoms with Crippen molar-refractivity contribution >= 4 is 11.6 Å². The average molecular weight is 424 g/mol. The Hall–Kier alpha value is -2.53. The molecule has 1 amide bonds. The fourth-order valence-corrected chi connectivity index (χ4v) is 4.54. The summed E-state index contributed by atoms with van der Waals surface area (Å²) in [7, 11) is 0. The van der Waals surface area contributed by atoms with Crippen molar-refractivity contribution in [3.8, 4) is 5.75 Å². The summed E-state index contributed by atoms with van der Waals surface area (Å²) in [5.41, 5.74) is 2.97. The maximum absolute atomic E-state index is 12.7. The molecular formula is C26H37N3O2. The van der Waals surface area contributed by atoms with Crippen molar-refractivity contribution in [1.82, 2.24) is 9.80 Å². The Morgan fingerprint density at radius 1 is 1.03 bits per heavy atom. The van der Waals surface area contributed by atoms with Crippen LogP contribution in [0, 0.1) is 0 Å². The first-order valence-corrected chi connectivity index (χ1v) is 11.7. The van der Waals surface area contributed by atoms with Crippen molar-refractivity contribution < 1.29 is 9.90 Å². The molecule has 1 saturated heterocycles. The van der Waals surface area contributed by atoms with Gasteiger partial charge in [-0.25, -0.2) is 0 Å². The molecule has 0 radical (unpaired) electrons. The van der Waals surface area contributed by atoms with Gasteiger partial charge in [-0.1, -0.05) is 19.1 Å². The zero-order valence-corrected chi connectivity index (χ0v) is 19.3. The van der Waals surface area contributed by atoms with E-state index in [0.717, 1.165) is 62.4 Å². The molecule has 1 N–H and O–H groups in total. The van der Waals surface area contributed by atoms with Gasteiger partial charge in [0.05, 0.1) is 0 Å². The number of piperidine rings is 1. The maximum atomic E-state index is 12.7. The summed E-state index contributed by atoms with van der Waals surface area (Å²) in [5.74, 6) is 0.388. The number of hydrogen-bond acceptors (Lipinski definition) is 4. The third-order valence-corrected chi connectivity index (χ3v) is 6.30. The van der Waals surface area contributed by atoms with Gasteiger partial charge in [0.15, 0.2) is 0 Å². The molecule has 0 unspecified atom stereocenters. The Balaban J connectivity index is 1.81. The SMILES string of the molecule is CCCN1CCC(N(Cc2cccc(O)c2)c2ccc(C(=O)N(CC)CC)cc2)CC1. The minimum atomic E-state index is 0.0870. The number of anilines is 1. The van der Waals surface area contributed by atoms with Crippen LogP contribution in [0.1, 0.15) is 56.0 Å². The number of aromatic hydroxyl groups is 1. The minimum absolute atomic E-state index is 0.0870. The van der Waals surface area contributed by atoms with Crippen molar-refractivity contribution in [2.24, 2.45) is 0 Å². The van der Waals surface area contributed by atoms with E-state index in [9.17, 15) is 9.90 Å². The highest BCUT2D eigenvalue weighted by Crippen LogP contribution is 2.27. The zero-order valence-electron chi connectivity index (χ0n) is 19.3. The molecule has 1 fully saturated rings. The average Bonchev–Trinajstić information content (AvgIpc) is 2.79. The monoisotopic (exact) mass is 423 g/mol. The molecule has 0 saturated carbocycles. The summed E-state index contributed by atoms with van der Waals surface area (Å²) in [6.07, 6.45) is 3.44. The molecule has 0 spiro atoms. The molecule has 0 aliphatic carbocycles. The fourth-order valence-electron chi connectivity index (χ4n) is 4.54. The Morgan fingerprint density at radius 2 is 1.71 bits per heavy atom. The summed E-state index contributed by atoms with van der Waals surface area (Å²) < 4.78 is 0. The lowest BCUT2D eigenvalue weighted by Crippen LogP contribution is -2.45. The van der Waals surface area contributed by atoms with E-state index in [1.54, 1.807) is 6.07 Å². The molecule has 5 heteroatoms. The molecule has 0 bridgehead atoms. The Labute approximate surface area is 187 Å². The third-order valence-electron chi connectivity index (χ3n) is 6.30. The minimum Gasteiger partial charge on any atom is -0.508 e. The van der Waals surface area contributed by atoms with Crippen LogP contribution in [0.3, 0.4) is 0 Å². The summed E-state index contributed by atoms with van der Waals surface area (Å²) in [4.78, 5) is 19.5. The number of likely N-dealkylation sites (tertiary alicyclic amines) is 1. The summed E-state index contributed by atoms with van der Waals surface area (Å²) in [6.45, 7) is 11.9. The van der Waals surface area contributed by atoms with E-state index in [2.05, 4.69) is 34.9 Å². The molecule has 0 aromatic heterocycles. The normalized spacial score (nSPS) is 15.1. The second kappa shape index (κ2) is 11.2. The standard InChI is InChI=1S/C26H37N3O2/c1-4-16-27-17-14-24(15-18-27)29(20-21-8-7-9-25(30)19-21)23-12-10-22(11-13-23)26(31)28(5-2)6-3/h7-13,19,24,30H,4-6,14-18,20H2,1-3H3. The van der Waals surface area contributed by atoms with Gasteiger partial charge in [-0.2, -0.15) is 0 Å². The van der Waals surface area contributed by atoms with E-state index >= 15 is 0 Å². The number of phenolic OH excluding ortho intramolecular Hbond substituents is 1. The van der Waals surface area contributed by atoms with Gasteiger partial charge in [0.25, 0.3) is 5.91 Å². The zero-order chi connectivity index (χ0) is 22.2. The van der Waals surface area contributed by atoms with Gasteiger partial charge >= 0.3 is 0 Å². The number of carbonyl (C=O) groups is 1. The lowest BCUT2D eigenvalue weighted by Gasteiger charge is -2.40. The number of phenols is 1. The van der Waals surface area contributed by atoms with Crippen LogP contribution in [-0.4, -0.2) is 59.6 Å². The van der Waals surface area contributed by atoms with Crippen LogP contribution in [-0.2, 0) is 6.54 Å². The topological polar surface area (TPSA) is 47.0 Å². The van der Waals surface area contributed by atoms with E-state index in [1.165, 1.54) is 13.0 Å². The lowest BCUT2D eigenvalue weighted by atomic mass is 10.0. The molecule has 0 atom stereocenters. The Morgan fingerprint density at radius 3 is 2.29 bits per heavy atom. The van der Waals surface area contributed by atoms with Crippen LogP contribution in [0.2, 0.25) is 0 Å². The van der Waals surface area contributed by atoms with E-state index in [-0.39, 0.29) is 5.91 Å². The fraction of sp³-hybridized carbons (Fsp3) is 0.500. The third kappa shape index (κ3) is 6.01. The van der Waals surface area contributed by atoms with Crippen molar-refractivity contribution in [3.63, 3.8) is 0 Å². The van der Waals surface area contributed by atoms with Gasteiger partial charge in [-0.3, -0.25) is 4.79 Å². The van der Waals surface area contributed by atoms with Crippen LogP contribution >= 0.6 is 0 Å². The van der Waals surface area contributed by atoms with E-state index in [4.69, 9.17) is 0 Å². The van der Waals surface area contributed by atoms with E-state index in [0.29, 0.717) is 11.8 Å². The summed E-state index contributed by atoms with van der Waals surface area (Å²) >= 11 is 0. The quantitative estimate of drug-likeness (QED) is 0.632. The predicted molar refractivity (Wildman–Crippen MR) is 128 cm³/mol. The lowest BCUT2D eigenvalue weighted by molar-refractivity contribution is 0.0773. The second-order valence-electron chi connectivity index (χ2n) is 8.39. The molecule has 1 aliphatic heterocycles.